The van der Waals surface area contributed by atoms with Gasteiger partial charge in [0.15, 0.2) is 0 Å². The summed E-state index contributed by atoms with van der Waals surface area (Å²) in [7, 11) is 1.93. The van der Waals surface area contributed by atoms with Gasteiger partial charge < -0.3 is 10.1 Å². The summed E-state index contributed by atoms with van der Waals surface area (Å²) in [6, 6.07) is 7.16. The molecule has 0 bridgehead atoms. The van der Waals surface area contributed by atoms with E-state index in [1.54, 1.807) is 12.1 Å². The zero-order chi connectivity index (χ0) is 14.7. The Labute approximate surface area is 127 Å². The van der Waals surface area contributed by atoms with Crippen LogP contribution >= 0.6 is 0 Å². The normalized spacial score (nSPS) is 25.5. The molecule has 0 radical (unpaired) electrons. The number of halogens is 1. The summed E-state index contributed by atoms with van der Waals surface area (Å²) in [5.74, 6) is 0.101. The van der Waals surface area contributed by atoms with E-state index >= 15 is 0 Å². The molecule has 1 aliphatic heterocycles. The summed E-state index contributed by atoms with van der Waals surface area (Å²) in [6.45, 7) is 0.799. The molecule has 1 saturated heterocycles. The minimum absolute atomic E-state index is 0.0914. The van der Waals surface area contributed by atoms with E-state index in [9.17, 15) is 4.39 Å². The van der Waals surface area contributed by atoms with Gasteiger partial charge in [0.05, 0.1) is 11.7 Å². The van der Waals surface area contributed by atoms with Gasteiger partial charge in [-0.25, -0.2) is 4.39 Å². The Morgan fingerprint density at radius 1 is 1.29 bits per heavy atom. The third-order valence-electron chi connectivity index (χ3n) is 5.20. The Kier molecular flexibility index (Phi) is 4.60. The van der Waals surface area contributed by atoms with Crippen molar-refractivity contribution >= 4 is 0 Å². The number of benzene rings is 1. The van der Waals surface area contributed by atoms with E-state index in [1.165, 1.54) is 32.1 Å². The van der Waals surface area contributed by atoms with E-state index in [2.05, 4.69) is 5.32 Å². The Hall–Kier alpha value is -0.930. The molecule has 1 N–H and O–H groups in total. The Morgan fingerprint density at radius 2 is 2.05 bits per heavy atom. The van der Waals surface area contributed by atoms with Gasteiger partial charge in [-0.3, -0.25) is 0 Å². The van der Waals surface area contributed by atoms with Crippen LogP contribution in [0.15, 0.2) is 24.3 Å². The SMILES string of the molecule is CNCC(CC1CCC2(CCCC2)O1)c1ccccc1F. The predicted molar refractivity (Wildman–Crippen MR) is 83.0 cm³/mol. The molecule has 21 heavy (non-hydrogen) atoms. The Balaban J connectivity index is 1.67. The molecule has 1 saturated carbocycles. The van der Waals surface area contributed by atoms with Crippen molar-refractivity contribution in [3.8, 4) is 0 Å². The average Bonchev–Trinajstić information content (AvgIpc) is 3.10. The first-order valence-corrected chi connectivity index (χ1v) is 8.29. The summed E-state index contributed by atoms with van der Waals surface area (Å²) in [5, 5.41) is 3.21. The number of hydrogen-bond acceptors (Lipinski definition) is 2. The number of hydrogen-bond donors (Lipinski definition) is 1. The van der Waals surface area contributed by atoms with E-state index in [4.69, 9.17) is 4.74 Å². The highest BCUT2D eigenvalue weighted by Gasteiger charge is 2.42. The average molecular weight is 291 g/mol. The summed E-state index contributed by atoms with van der Waals surface area (Å²) in [4.78, 5) is 0. The predicted octanol–water partition coefficient (Wildman–Crippen LogP) is 4.01. The van der Waals surface area contributed by atoms with Crippen LogP contribution in [-0.4, -0.2) is 25.3 Å². The van der Waals surface area contributed by atoms with Crippen molar-refractivity contribution in [2.75, 3.05) is 13.6 Å². The molecule has 3 rings (SSSR count). The third kappa shape index (κ3) is 3.29. The minimum atomic E-state index is -0.0914. The molecule has 2 aliphatic rings. The van der Waals surface area contributed by atoms with Gasteiger partial charge in [-0.1, -0.05) is 31.0 Å². The first kappa shape index (κ1) is 15.0. The lowest BCUT2D eigenvalue weighted by Gasteiger charge is -2.26. The number of rotatable bonds is 5. The van der Waals surface area contributed by atoms with Crippen LogP contribution in [0.4, 0.5) is 4.39 Å². The molecule has 2 nitrogen and oxygen atoms in total. The summed E-state index contributed by atoms with van der Waals surface area (Å²) in [6.07, 6.45) is 8.60. The summed E-state index contributed by atoms with van der Waals surface area (Å²) in [5.41, 5.74) is 0.993. The highest BCUT2D eigenvalue weighted by Crippen LogP contribution is 2.45. The van der Waals surface area contributed by atoms with Crippen LogP contribution in [-0.2, 0) is 4.74 Å². The van der Waals surface area contributed by atoms with Gasteiger partial charge in [0.1, 0.15) is 5.82 Å². The van der Waals surface area contributed by atoms with Crippen molar-refractivity contribution in [2.24, 2.45) is 0 Å². The molecule has 1 aromatic rings. The molecule has 0 aromatic heterocycles. The van der Waals surface area contributed by atoms with Crippen molar-refractivity contribution in [3.63, 3.8) is 0 Å². The van der Waals surface area contributed by atoms with Crippen LogP contribution in [0.5, 0.6) is 0 Å². The minimum Gasteiger partial charge on any atom is -0.372 e. The summed E-state index contributed by atoms with van der Waals surface area (Å²) >= 11 is 0. The molecule has 1 heterocycles. The van der Waals surface area contributed by atoms with Crippen molar-refractivity contribution in [1.82, 2.24) is 5.32 Å². The lowest BCUT2D eigenvalue weighted by atomic mass is 9.91. The van der Waals surface area contributed by atoms with Gasteiger partial charge in [0.2, 0.25) is 0 Å². The number of ether oxygens (including phenoxy) is 1. The maximum Gasteiger partial charge on any atom is 0.126 e. The fourth-order valence-corrected chi connectivity index (χ4v) is 4.14. The van der Waals surface area contributed by atoms with Crippen molar-refractivity contribution in [1.29, 1.82) is 0 Å². The van der Waals surface area contributed by atoms with Gasteiger partial charge in [0, 0.05) is 12.5 Å². The van der Waals surface area contributed by atoms with Crippen LogP contribution in [0.25, 0.3) is 0 Å². The van der Waals surface area contributed by atoms with Crippen molar-refractivity contribution < 1.29 is 9.13 Å². The fourth-order valence-electron chi connectivity index (χ4n) is 4.14. The van der Waals surface area contributed by atoms with E-state index in [-0.39, 0.29) is 17.3 Å². The number of likely N-dealkylation sites (N-methyl/N-ethyl adjacent to an activating group) is 1. The first-order chi connectivity index (χ1) is 10.2. The van der Waals surface area contributed by atoms with Crippen LogP contribution in [0.3, 0.4) is 0 Å². The molecule has 1 aromatic carbocycles. The lowest BCUT2D eigenvalue weighted by molar-refractivity contribution is -0.0411. The smallest absolute Gasteiger partial charge is 0.126 e. The lowest BCUT2D eigenvalue weighted by Crippen LogP contribution is -2.27. The largest absolute Gasteiger partial charge is 0.372 e. The zero-order valence-electron chi connectivity index (χ0n) is 12.9. The molecule has 1 spiro atoms. The molecule has 1 aliphatic carbocycles. The Bertz CT molecular complexity index is 470. The molecular formula is C18H26FNO. The highest BCUT2D eigenvalue weighted by atomic mass is 19.1. The monoisotopic (exact) mass is 291 g/mol. The first-order valence-electron chi connectivity index (χ1n) is 8.29. The van der Waals surface area contributed by atoms with Gasteiger partial charge in [0.25, 0.3) is 0 Å². The third-order valence-corrected chi connectivity index (χ3v) is 5.20. The molecule has 3 heteroatoms. The van der Waals surface area contributed by atoms with Crippen LogP contribution in [0.1, 0.15) is 56.4 Å². The van der Waals surface area contributed by atoms with E-state index in [1.807, 2.05) is 19.2 Å². The number of nitrogens with one attached hydrogen (secondary N) is 1. The zero-order valence-corrected chi connectivity index (χ0v) is 12.9. The van der Waals surface area contributed by atoms with Crippen LogP contribution in [0.2, 0.25) is 0 Å². The molecule has 116 valence electrons. The van der Waals surface area contributed by atoms with Crippen molar-refractivity contribution in [2.45, 2.75) is 62.6 Å². The topological polar surface area (TPSA) is 21.3 Å². The summed E-state index contributed by atoms with van der Waals surface area (Å²) < 4.78 is 20.5. The van der Waals surface area contributed by atoms with Gasteiger partial charge in [-0.2, -0.15) is 0 Å². The Morgan fingerprint density at radius 3 is 2.76 bits per heavy atom. The fraction of sp³-hybridized carbons (Fsp3) is 0.667. The molecular weight excluding hydrogens is 265 g/mol. The second-order valence-corrected chi connectivity index (χ2v) is 6.68. The van der Waals surface area contributed by atoms with Crippen LogP contribution in [0, 0.1) is 5.82 Å². The molecule has 0 amide bonds. The second kappa shape index (κ2) is 6.45. The molecule has 2 fully saturated rings. The van der Waals surface area contributed by atoms with E-state index in [0.29, 0.717) is 6.10 Å². The van der Waals surface area contributed by atoms with Crippen LogP contribution < -0.4 is 5.32 Å². The van der Waals surface area contributed by atoms with Crippen molar-refractivity contribution in [3.05, 3.63) is 35.6 Å². The second-order valence-electron chi connectivity index (χ2n) is 6.68. The highest BCUT2D eigenvalue weighted by molar-refractivity contribution is 5.22. The van der Waals surface area contributed by atoms with Gasteiger partial charge in [-0.15, -0.1) is 0 Å². The maximum atomic E-state index is 14.1. The molecule has 2 unspecified atom stereocenters. The van der Waals surface area contributed by atoms with E-state index in [0.717, 1.165) is 24.9 Å². The maximum absolute atomic E-state index is 14.1. The van der Waals surface area contributed by atoms with Gasteiger partial charge >= 0.3 is 0 Å². The standard InChI is InChI=1S/C18H26FNO/c1-20-13-14(16-6-2-3-7-17(16)19)12-15-8-11-18(21-15)9-4-5-10-18/h2-3,6-7,14-15,20H,4-5,8-13H2,1H3. The van der Waals surface area contributed by atoms with E-state index < -0.39 is 0 Å². The van der Waals surface area contributed by atoms with Gasteiger partial charge in [-0.05, 0) is 50.8 Å². The quantitative estimate of drug-likeness (QED) is 0.885. The molecule has 2 atom stereocenters.